The summed E-state index contributed by atoms with van der Waals surface area (Å²) in [6.45, 7) is 3.90. The number of aryl methyl sites for hydroxylation is 2. The van der Waals surface area contributed by atoms with Crippen molar-refractivity contribution < 1.29 is 9.59 Å². The van der Waals surface area contributed by atoms with Gasteiger partial charge in [0.1, 0.15) is 0 Å². The van der Waals surface area contributed by atoms with E-state index in [9.17, 15) is 9.59 Å². The highest BCUT2D eigenvalue weighted by molar-refractivity contribution is 5.94. The molecule has 2 N–H and O–H groups in total. The van der Waals surface area contributed by atoms with E-state index in [0.29, 0.717) is 0 Å². The van der Waals surface area contributed by atoms with E-state index < -0.39 is 0 Å². The van der Waals surface area contributed by atoms with Crippen molar-refractivity contribution in [1.82, 2.24) is 5.43 Å². The van der Waals surface area contributed by atoms with Crippen LogP contribution in [0.2, 0.25) is 0 Å². The molecule has 0 aromatic heterocycles. The first-order chi connectivity index (χ1) is 12.8. The molecule has 2 aromatic rings. The maximum absolute atomic E-state index is 12.0. The van der Waals surface area contributed by atoms with Gasteiger partial charge in [0.25, 0.3) is 0 Å². The molecule has 0 saturated carbocycles. The van der Waals surface area contributed by atoms with Crippen molar-refractivity contribution >= 4 is 29.4 Å². The first-order valence-electron chi connectivity index (χ1n) is 8.81. The van der Waals surface area contributed by atoms with Crippen molar-refractivity contribution in [3.05, 3.63) is 59.2 Å². The Balaban J connectivity index is 1.76. The van der Waals surface area contributed by atoms with Gasteiger partial charge in [-0.2, -0.15) is 5.10 Å². The Morgan fingerprint density at radius 2 is 1.67 bits per heavy atom. The largest absolute Gasteiger partial charge is 0.378 e. The predicted molar refractivity (Wildman–Crippen MR) is 110 cm³/mol. The molecule has 0 aliphatic carbocycles. The van der Waals surface area contributed by atoms with Crippen molar-refractivity contribution in [3.8, 4) is 0 Å². The number of nitrogens with one attached hydrogen (secondary N) is 2. The summed E-state index contributed by atoms with van der Waals surface area (Å²) < 4.78 is 0. The first kappa shape index (κ1) is 20.2. The average molecular weight is 366 g/mol. The third-order valence-electron chi connectivity index (χ3n) is 4.06. The molecule has 27 heavy (non-hydrogen) atoms. The lowest BCUT2D eigenvalue weighted by Gasteiger charge is -2.11. The highest BCUT2D eigenvalue weighted by Crippen LogP contribution is 2.16. The molecule has 0 aliphatic rings. The molecular weight excluding hydrogens is 340 g/mol. The second-order valence-electron chi connectivity index (χ2n) is 6.65. The van der Waals surface area contributed by atoms with Crippen LogP contribution in [0.1, 0.15) is 29.5 Å². The molecule has 6 heteroatoms. The Labute approximate surface area is 160 Å². The summed E-state index contributed by atoms with van der Waals surface area (Å²) >= 11 is 0. The molecule has 0 fully saturated rings. The van der Waals surface area contributed by atoms with E-state index in [2.05, 4.69) is 15.8 Å². The number of carbonyl (C=O) groups is 2. The second kappa shape index (κ2) is 9.52. The molecule has 0 spiro atoms. The van der Waals surface area contributed by atoms with E-state index in [0.717, 1.165) is 28.1 Å². The van der Waals surface area contributed by atoms with Crippen LogP contribution in [0, 0.1) is 13.8 Å². The van der Waals surface area contributed by atoms with Gasteiger partial charge >= 0.3 is 0 Å². The summed E-state index contributed by atoms with van der Waals surface area (Å²) in [5.74, 6) is -0.491. The minimum atomic E-state index is -0.299. The Morgan fingerprint density at radius 3 is 2.33 bits per heavy atom. The molecule has 6 nitrogen and oxygen atoms in total. The number of nitrogens with zero attached hydrogens (tertiary/aromatic N) is 2. The van der Waals surface area contributed by atoms with Gasteiger partial charge in [-0.1, -0.05) is 24.3 Å². The van der Waals surface area contributed by atoms with E-state index in [-0.39, 0.29) is 24.7 Å². The van der Waals surface area contributed by atoms with Gasteiger partial charge in [-0.3, -0.25) is 9.59 Å². The zero-order valence-corrected chi connectivity index (χ0v) is 16.2. The molecule has 0 bridgehead atoms. The van der Waals surface area contributed by atoms with Crippen LogP contribution in [0.15, 0.2) is 47.6 Å². The van der Waals surface area contributed by atoms with Gasteiger partial charge in [-0.25, -0.2) is 5.43 Å². The summed E-state index contributed by atoms with van der Waals surface area (Å²) in [7, 11) is 3.94. The quantitative estimate of drug-likeness (QED) is 0.584. The van der Waals surface area contributed by atoms with E-state index >= 15 is 0 Å². The van der Waals surface area contributed by atoms with Crippen LogP contribution < -0.4 is 15.6 Å². The topological polar surface area (TPSA) is 73.8 Å². The lowest BCUT2D eigenvalue weighted by molar-refractivity contribution is -0.124. The van der Waals surface area contributed by atoms with Crippen molar-refractivity contribution in [2.24, 2.45) is 5.10 Å². The van der Waals surface area contributed by atoms with Crippen LogP contribution in [0.3, 0.4) is 0 Å². The second-order valence-corrected chi connectivity index (χ2v) is 6.65. The van der Waals surface area contributed by atoms with Gasteiger partial charge in [-0.15, -0.1) is 0 Å². The molecule has 0 radical (unpaired) electrons. The standard InChI is InChI=1S/C21H26N4O2/c1-15-5-6-16(2)19(13-15)23-20(26)11-12-21(27)24-22-14-17-7-9-18(10-8-17)25(3)4/h5-10,13-14H,11-12H2,1-4H3,(H,23,26)(H,24,27)/b22-14-. The fourth-order valence-electron chi connectivity index (χ4n) is 2.40. The Hall–Kier alpha value is -3.15. The van der Waals surface area contributed by atoms with Crippen LogP contribution in [-0.2, 0) is 9.59 Å². The highest BCUT2D eigenvalue weighted by atomic mass is 16.2. The molecule has 0 atom stereocenters. The number of anilines is 2. The summed E-state index contributed by atoms with van der Waals surface area (Å²) in [6, 6.07) is 13.6. The van der Waals surface area contributed by atoms with Crippen LogP contribution in [0.4, 0.5) is 11.4 Å². The van der Waals surface area contributed by atoms with Crippen molar-refractivity contribution in [2.45, 2.75) is 26.7 Å². The van der Waals surface area contributed by atoms with Gasteiger partial charge in [0, 0.05) is 38.3 Å². The Morgan fingerprint density at radius 1 is 1.00 bits per heavy atom. The van der Waals surface area contributed by atoms with Gasteiger partial charge < -0.3 is 10.2 Å². The number of hydrogen-bond acceptors (Lipinski definition) is 4. The molecule has 2 aromatic carbocycles. The third-order valence-corrected chi connectivity index (χ3v) is 4.06. The van der Waals surface area contributed by atoms with Gasteiger partial charge in [0.05, 0.1) is 6.21 Å². The summed E-state index contributed by atoms with van der Waals surface area (Å²) in [5.41, 5.74) is 7.26. The predicted octanol–water partition coefficient (Wildman–Crippen LogP) is 3.24. The van der Waals surface area contributed by atoms with Crippen molar-refractivity contribution in [2.75, 3.05) is 24.3 Å². The maximum atomic E-state index is 12.0. The fraction of sp³-hybridized carbons (Fsp3) is 0.286. The average Bonchev–Trinajstić information content (AvgIpc) is 2.63. The molecular formula is C21H26N4O2. The minimum Gasteiger partial charge on any atom is -0.378 e. The SMILES string of the molecule is Cc1ccc(C)c(NC(=O)CCC(=O)N/N=C\c2ccc(N(C)C)cc2)c1. The van der Waals surface area contributed by atoms with Crippen LogP contribution >= 0.6 is 0 Å². The normalized spacial score (nSPS) is 10.7. The van der Waals surface area contributed by atoms with Crippen LogP contribution in [0.5, 0.6) is 0 Å². The first-order valence-corrected chi connectivity index (χ1v) is 8.81. The van der Waals surface area contributed by atoms with Crippen LogP contribution in [0.25, 0.3) is 0 Å². The van der Waals surface area contributed by atoms with Crippen molar-refractivity contribution in [1.29, 1.82) is 0 Å². The molecule has 0 saturated heterocycles. The number of rotatable bonds is 7. The molecule has 0 heterocycles. The zero-order chi connectivity index (χ0) is 19.8. The number of hydrazone groups is 1. The number of carbonyl (C=O) groups excluding carboxylic acids is 2. The van der Waals surface area contributed by atoms with Gasteiger partial charge in [-0.05, 0) is 48.7 Å². The zero-order valence-electron chi connectivity index (χ0n) is 16.2. The lowest BCUT2D eigenvalue weighted by atomic mass is 10.1. The Bertz CT molecular complexity index is 827. The molecule has 0 unspecified atom stereocenters. The maximum Gasteiger partial charge on any atom is 0.240 e. The fourth-order valence-corrected chi connectivity index (χ4v) is 2.40. The van der Waals surface area contributed by atoms with Crippen LogP contribution in [-0.4, -0.2) is 32.1 Å². The summed E-state index contributed by atoms with van der Waals surface area (Å²) in [6.07, 6.45) is 1.76. The number of benzene rings is 2. The van der Waals surface area contributed by atoms with Gasteiger partial charge in [0.15, 0.2) is 0 Å². The molecule has 0 aliphatic heterocycles. The summed E-state index contributed by atoms with van der Waals surface area (Å²) in [4.78, 5) is 25.9. The molecule has 2 rings (SSSR count). The van der Waals surface area contributed by atoms with E-state index in [1.54, 1.807) is 6.21 Å². The van der Waals surface area contributed by atoms with Gasteiger partial charge in [0.2, 0.25) is 11.8 Å². The van der Waals surface area contributed by atoms with E-state index in [4.69, 9.17) is 0 Å². The summed E-state index contributed by atoms with van der Waals surface area (Å²) in [5, 5.41) is 6.78. The monoisotopic (exact) mass is 366 g/mol. The number of amides is 2. The van der Waals surface area contributed by atoms with E-state index in [1.165, 1.54) is 0 Å². The smallest absolute Gasteiger partial charge is 0.240 e. The number of hydrogen-bond donors (Lipinski definition) is 2. The molecule has 2 amide bonds. The minimum absolute atomic E-state index is 0.0770. The molecule has 142 valence electrons. The van der Waals surface area contributed by atoms with Crippen molar-refractivity contribution in [3.63, 3.8) is 0 Å². The lowest BCUT2D eigenvalue weighted by Crippen LogP contribution is -2.21. The highest BCUT2D eigenvalue weighted by Gasteiger charge is 2.08. The third kappa shape index (κ3) is 6.58. The Kier molecular flexibility index (Phi) is 7.11. The van der Waals surface area contributed by atoms with E-state index in [1.807, 2.05) is 75.3 Å².